The molecule has 1 heterocycles. The highest BCUT2D eigenvalue weighted by Crippen LogP contribution is 2.22. The third kappa shape index (κ3) is 3.30. The molecule has 0 amide bonds. The highest BCUT2D eigenvalue weighted by Gasteiger charge is 2.21. The maximum Gasteiger partial charge on any atom is 0.329 e. The minimum absolute atomic E-state index is 0.112. The Morgan fingerprint density at radius 2 is 1.79 bits per heavy atom. The number of H-pyrrole nitrogens is 1. The molecule has 1 N–H and O–H groups in total. The van der Waals surface area contributed by atoms with E-state index in [0.29, 0.717) is 17.9 Å². The first kappa shape index (κ1) is 16.0. The molecule has 1 atom stereocenters. The maximum absolute atomic E-state index is 12.4. The van der Waals surface area contributed by atoms with Crippen molar-refractivity contribution in [3.8, 4) is 0 Å². The van der Waals surface area contributed by atoms with E-state index >= 15 is 0 Å². The fourth-order valence-electron chi connectivity index (χ4n) is 2.58. The van der Waals surface area contributed by atoms with Crippen molar-refractivity contribution >= 4 is 11.6 Å². The molecule has 1 rings (SSSR count). The van der Waals surface area contributed by atoms with Gasteiger partial charge in [-0.2, -0.15) is 0 Å². The number of hydrogen-bond acceptors (Lipinski definition) is 2. The average Bonchev–Trinajstić information content (AvgIpc) is 2.35. The van der Waals surface area contributed by atoms with Crippen LogP contribution in [0.5, 0.6) is 0 Å². The summed E-state index contributed by atoms with van der Waals surface area (Å²) >= 11 is 5.97. The van der Waals surface area contributed by atoms with Crippen molar-refractivity contribution in [2.45, 2.75) is 59.4 Å². The lowest BCUT2D eigenvalue weighted by molar-refractivity contribution is 0.316. The van der Waals surface area contributed by atoms with Gasteiger partial charge in [0, 0.05) is 6.04 Å². The van der Waals surface area contributed by atoms with Crippen molar-refractivity contribution in [2.24, 2.45) is 5.92 Å². The molecule has 5 heteroatoms. The van der Waals surface area contributed by atoms with Crippen LogP contribution >= 0.6 is 11.6 Å². The van der Waals surface area contributed by atoms with E-state index in [9.17, 15) is 9.59 Å². The first-order valence-electron chi connectivity index (χ1n) is 7.00. The lowest BCUT2D eigenvalue weighted by Gasteiger charge is -2.23. The van der Waals surface area contributed by atoms with Gasteiger partial charge in [0.15, 0.2) is 0 Å². The molecule has 1 aromatic heterocycles. The number of aromatic amines is 1. The van der Waals surface area contributed by atoms with E-state index in [0.717, 1.165) is 19.3 Å². The van der Waals surface area contributed by atoms with E-state index < -0.39 is 5.69 Å². The van der Waals surface area contributed by atoms with Crippen LogP contribution in [0.2, 0.25) is 5.15 Å². The van der Waals surface area contributed by atoms with Crippen LogP contribution in [0, 0.1) is 5.92 Å². The molecular weight excluding hydrogens is 264 g/mol. The minimum Gasteiger partial charge on any atom is -0.297 e. The molecule has 0 spiro atoms. The SMILES string of the molecule is CCCc1c(Cl)[nH]c(=O)n(C(C)C(CC)CC)c1=O. The molecule has 108 valence electrons. The van der Waals surface area contributed by atoms with Gasteiger partial charge in [-0.3, -0.25) is 14.3 Å². The van der Waals surface area contributed by atoms with Crippen molar-refractivity contribution in [3.63, 3.8) is 0 Å². The third-order valence-electron chi connectivity index (χ3n) is 3.82. The van der Waals surface area contributed by atoms with Gasteiger partial charge in [-0.15, -0.1) is 0 Å². The summed E-state index contributed by atoms with van der Waals surface area (Å²) in [6, 6.07) is -0.112. The predicted octanol–water partition coefficient (Wildman–Crippen LogP) is 3.14. The Balaban J connectivity index is 3.39. The Labute approximate surface area is 118 Å². The molecule has 0 radical (unpaired) electrons. The van der Waals surface area contributed by atoms with Gasteiger partial charge in [-0.25, -0.2) is 4.79 Å². The molecule has 0 aliphatic rings. The van der Waals surface area contributed by atoms with Gasteiger partial charge in [0.25, 0.3) is 5.56 Å². The second-order valence-electron chi connectivity index (χ2n) is 4.97. The number of nitrogens with one attached hydrogen (secondary N) is 1. The summed E-state index contributed by atoms with van der Waals surface area (Å²) < 4.78 is 1.33. The second kappa shape index (κ2) is 6.94. The molecule has 1 unspecified atom stereocenters. The topological polar surface area (TPSA) is 54.9 Å². The van der Waals surface area contributed by atoms with Gasteiger partial charge in [-0.05, 0) is 19.3 Å². The summed E-state index contributed by atoms with van der Waals surface area (Å²) in [5.74, 6) is 0.314. The number of hydrogen-bond donors (Lipinski definition) is 1. The fourth-order valence-corrected chi connectivity index (χ4v) is 2.84. The average molecular weight is 287 g/mol. The van der Waals surface area contributed by atoms with Crippen LogP contribution < -0.4 is 11.2 Å². The number of nitrogens with zero attached hydrogens (tertiary/aromatic N) is 1. The fraction of sp³-hybridized carbons (Fsp3) is 0.714. The van der Waals surface area contributed by atoms with Crippen LogP contribution in [0.4, 0.5) is 0 Å². The largest absolute Gasteiger partial charge is 0.329 e. The van der Waals surface area contributed by atoms with Crippen LogP contribution in [-0.4, -0.2) is 9.55 Å². The minimum atomic E-state index is -0.408. The Hall–Kier alpha value is -1.03. The smallest absolute Gasteiger partial charge is 0.297 e. The van der Waals surface area contributed by atoms with Gasteiger partial charge in [0.1, 0.15) is 5.15 Å². The molecule has 0 bridgehead atoms. The van der Waals surface area contributed by atoms with Gasteiger partial charge in [-0.1, -0.05) is 51.6 Å². The summed E-state index contributed by atoms with van der Waals surface area (Å²) in [6.45, 7) is 8.06. The van der Waals surface area contributed by atoms with E-state index in [1.54, 1.807) is 0 Å². The van der Waals surface area contributed by atoms with Crippen LogP contribution in [0.1, 0.15) is 58.6 Å². The zero-order valence-corrected chi connectivity index (χ0v) is 12.9. The van der Waals surface area contributed by atoms with Gasteiger partial charge in [0.2, 0.25) is 0 Å². The van der Waals surface area contributed by atoms with Gasteiger partial charge in [0.05, 0.1) is 5.56 Å². The molecule has 19 heavy (non-hydrogen) atoms. The Morgan fingerprint density at radius 1 is 1.21 bits per heavy atom. The van der Waals surface area contributed by atoms with Crippen LogP contribution in [-0.2, 0) is 6.42 Å². The predicted molar refractivity (Wildman–Crippen MR) is 79.1 cm³/mol. The van der Waals surface area contributed by atoms with Crippen molar-refractivity contribution < 1.29 is 0 Å². The van der Waals surface area contributed by atoms with Crippen LogP contribution in [0.25, 0.3) is 0 Å². The number of rotatable bonds is 6. The van der Waals surface area contributed by atoms with Crippen molar-refractivity contribution in [3.05, 3.63) is 31.6 Å². The second-order valence-corrected chi connectivity index (χ2v) is 5.34. The molecule has 0 aromatic carbocycles. The maximum atomic E-state index is 12.4. The number of halogens is 1. The quantitative estimate of drug-likeness (QED) is 0.817. The Bertz CT molecular complexity index is 529. The monoisotopic (exact) mass is 286 g/mol. The summed E-state index contributed by atoms with van der Waals surface area (Å²) in [5.41, 5.74) is -0.133. The molecular formula is C14H23ClN2O2. The Kier molecular flexibility index (Phi) is 5.85. The molecule has 4 nitrogen and oxygen atoms in total. The number of aromatic nitrogens is 2. The summed E-state index contributed by atoms with van der Waals surface area (Å²) in [7, 11) is 0. The third-order valence-corrected chi connectivity index (χ3v) is 4.14. The van der Waals surface area contributed by atoms with E-state index in [1.807, 2.05) is 13.8 Å². The molecule has 0 fully saturated rings. The van der Waals surface area contributed by atoms with Gasteiger partial charge < -0.3 is 0 Å². The zero-order valence-electron chi connectivity index (χ0n) is 12.1. The highest BCUT2D eigenvalue weighted by molar-refractivity contribution is 6.30. The normalized spacial score (nSPS) is 12.9. The summed E-state index contributed by atoms with van der Waals surface area (Å²) in [5, 5.41) is 0.185. The summed E-state index contributed by atoms with van der Waals surface area (Å²) in [6.07, 6.45) is 3.29. The van der Waals surface area contributed by atoms with Crippen LogP contribution in [0.15, 0.2) is 9.59 Å². The molecule has 0 aliphatic carbocycles. The molecule has 0 aliphatic heterocycles. The zero-order chi connectivity index (χ0) is 14.6. The highest BCUT2D eigenvalue weighted by atomic mass is 35.5. The van der Waals surface area contributed by atoms with E-state index in [-0.39, 0.29) is 16.8 Å². The van der Waals surface area contributed by atoms with Gasteiger partial charge >= 0.3 is 5.69 Å². The lowest BCUT2D eigenvalue weighted by Crippen LogP contribution is -2.41. The lowest BCUT2D eigenvalue weighted by atomic mass is 9.95. The van der Waals surface area contributed by atoms with Crippen molar-refractivity contribution in [2.75, 3.05) is 0 Å². The Morgan fingerprint density at radius 3 is 2.26 bits per heavy atom. The first-order valence-corrected chi connectivity index (χ1v) is 7.38. The standard InChI is InChI=1S/C14H23ClN2O2/c1-5-8-11-12(15)16-14(19)17(13(11)18)9(4)10(6-2)7-3/h9-10H,5-8H2,1-4H3,(H,16,19). The van der Waals surface area contributed by atoms with Crippen molar-refractivity contribution in [1.82, 2.24) is 9.55 Å². The molecule has 1 aromatic rings. The van der Waals surface area contributed by atoms with E-state index in [4.69, 9.17) is 11.6 Å². The molecule has 0 saturated carbocycles. The van der Waals surface area contributed by atoms with E-state index in [2.05, 4.69) is 18.8 Å². The summed E-state index contributed by atoms with van der Waals surface area (Å²) in [4.78, 5) is 27.0. The van der Waals surface area contributed by atoms with Crippen LogP contribution in [0.3, 0.4) is 0 Å². The van der Waals surface area contributed by atoms with Crippen molar-refractivity contribution in [1.29, 1.82) is 0 Å². The molecule has 0 saturated heterocycles. The first-order chi connectivity index (χ1) is 8.97. The van der Waals surface area contributed by atoms with E-state index in [1.165, 1.54) is 4.57 Å².